The lowest BCUT2D eigenvalue weighted by Gasteiger charge is -2.27. The van der Waals surface area contributed by atoms with Crippen LogP contribution < -0.4 is 4.72 Å². The van der Waals surface area contributed by atoms with Crippen molar-refractivity contribution in [1.29, 1.82) is 0 Å². The lowest BCUT2D eigenvalue weighted by atomic mass is 9.90. The van der Waals surface area contributed by atoms with E-state index in [1.165, 1.54) is 0 Å². The second-order valence-corrected chi connectivity index (χ2v) is 7.09. The molecule has 5 radical (unpaired) electrons. The molecule has 1 aliphatic rings. The third-order valence-electron chi connectivity index (χ3n) is 3.33. The molecule has 107 valence electrons. The standard InChI is InChI=1S/C16H20NO2S/c1-12(2)16(14-6-4-5-7-14)17-20(18,19)15-10-8-13(3)9-11-15/h4-12,16-17H,1-3H3/t16-/m0/s1. The highest BCUT2D eigenvalue weighted by Gasteiger charge is 2.32. The maximum absolute atomic E-state index is 12.4. The Morgan fingerprint density at radius 1 is 1.00 bits per heavy atom. The number of sulfonamides is 1. The number of aryl methyl sites for hydroxylation is 1. The summed E-state index contributed by atoms with van der Waals surface area (Å²) in [7, 11) is -3.50. The van der Waals surface area contributed by atoms with Crippen molar-refractivity contribution in [1.82, 2.24) is 4.72 Å². The Hall–Kier alpha value is -0.870. The van der Waals surface area contributed by atoms with Gasteiger partial charge < -0.3 is 0 Å². The highest BCUT2D eigenvalue weighted by Crippen LogP contribution is 2.30. The predicted octanol–water partition coefficient (Wildman–Crippen LogP) is 2.70. The van der Waals surface area contributed by atoms with E-state index in [0.717, 1.165) is 11.5 Å². The van der Waals surface area contributed by atoms with Crippen LogP contribution in [0.3, 0.4) is 0 Å². The third-order valence-corrected chi connectivity index (χ3v) is 4.78. The first-order chi connectivity index (χ1) is 9.40. The van der Waals surface area contributed by atoms with Crippen molar-refractivity contribution in [2.45, 2.75) is 31.7 Å². The zero-order valence-corrected chi connectivity index (χ0v) is 12.8. The number of nitrogens with one attached hydrogen (secondary N) is 1. The Balaban J connectivity index is 2.18. The highest BCUT2D eigenvalue weighted by atomic mass is 32.2. The Morgan fingerprint density at radius 3 is 2.05 bits per heavy atom. The Bertz CT molecular complexity index is 528. The highest BCUT2D eigenvalue weighted by molar-refractivity contribution is 7.89. The fraction of sp³-hybridized carbons (Fsp3) is 0.312. The first-order valence-corrected chi connectivity index (χ1v) is 8.19. The van der Waals surface area contributed by atoms with Gasteiger partial charge in [0.15, 0.2) is 0 Å². The van der Waals surface area contributed by atoms with E-state index in [4.69, 9.17) is 0 Å². The fourth-order valence-electron chi connectivity index (χ4n) is 2.14. The van der Waals surface area contributed by atoms with E-state index in [1.54, 1.807) is 12.1 Å². The van der Waals surface area contributed by atoms with Crippen LogP contribution in [0.25, 0.3) is 0 Å². The molecule has 0 amide bonds. The van der Waals surface area contributed by atoms with Gasteiger partial charge in [0.25, 0.3) is 0 Å². The summed E-state index contributed by atoms with van der Waals surface area (Å²) >= 11 is 0. The summed E-state index contributed by atoms with van der Waals surface area (Å²) in [6, 6.07) is 6.68. The van der Waals surface area contributed by atoms with Crippen LogP contribution in [-0.2, 0) is 10.0 Å². The predicted molar refractivity (Wildman–Crippen MR) is 80.6 cm³/mol. The first-order valence-electron chi connectivity index (χ1n) is 6.71. The van der Waals surface area contributed by atoms with E-state index < -0.39 is 10.0 Å². The zero-order valence-electron chi connectivity index (χ0n) is 12.0. The van der Waals surface area contributed by atoms with E-state index in [1.807, 2.05) is 58.6 Å². The van der Waals surface area contributed by atoms with Crippen LogP contribution in [0.15, 0.2) is 29.2 Å². The molecule has 0 spiro atoms. The summed E-state index contributed by atoms with van der Waals surface area (Å²) in [5.41, 5.74) is 1.04. The number of hydrogen-bond acceptors (Lipinski definition) is 2. The molecule has 1 N–H and O–H groups in total. The van der Waals surface area contributed by atoms with Crippen LogP contribution in [0.4, 0.5) is 0 Å². The van der Waals surface area contributed by atoms with Crippen molar-refractivity contribution in [2.24, 2.45) is 5.92 Å². The maximum Gasteiger partial charge on any atom is 0.240 e. The summed E-state index contributed by atoms with van der Waals surface area (Å²) in [4.78, 5) is 0.306. The molecular weight excluding hydrogens is 270 g/mol. The summed E-state index contributed by atoms with van der Waals surface area (Å²) in [6.45, 7) is 5.95. The molecule has 1 atom stereocenters. The van der Waals surface area contributed by atoms with E-state index in [2.05, 4.69) is 4.72 Å². The molecule has 1 aromatic rings. The maximum atomic E-state index is 12.4. The molecule has 3 nitrogen and oxygen atoms in total. The van der Waals surface area contributed by atoms with E-state index in [9.17, 15) is 8.42 Å². The monoisotopic (exact) mass is 290 g/mol. The SMILES string of the molecule is Cc1ccc(S(=O)(=O)N[C@H]([C]2[CH][CH][CH][CH]2)C(C)C)cc1. The molecule has 0 unspecified atom stereocenters. The summed E-state index contributed by atoms with van der Waals surface area (Å²) < 4.78 is 27.7. The van der Waals surface area contributed by atoms with Crippen LogP contribution in [0.1, 0.15) is 19.4 Å². The van der Waals surface area contributed by atoms with Crippen molar-refractivity contribution in [3.05, 3.63) is 61.4 Å². The number of benzene rings is 1. The third kappa shape index (κ3) is 3.61. The van der Waals surface area contributed by atoms with Crippen molar-refractivity contribution < 1.29 is 8.42 Å². The Kier molecular flexibility index (Phi) is 4.86. The molecule has 0 aromatic heterocycles. The van der Waals surface area contributed by atoms with Crippen LogP contribution in [0, 0.1) is 44.4 Å². The lowest BCUT2D eigenvalue weighted by molar-refractivity contribution is 0.473. The minimum Gasteiger partial charge on any atom is -0.207 e. The topological polar surface area (TPSA) is 46.2 Å². The van der Waals surface area contributed by atoms with Gasteiger partial charge in [0.05, 0.1) is 4.90 Å². The second kappa shape index (κ2) is 6.27. The fourth-order valence-corrected chi connectivity index (χ4v) is 3.51. The number of rotatable bonds is 5. The molecule has 1 fully saturated rings. The minimum absolute atomic E-state index is 0.178. The van der Waals surface area contributed by atoms with Gasteiger partial charge in [0, 0.05) is 12.0 Å². The van der Waals surface area contributed by atoms with Crippen LogP contribution >= 0.6 is 0 Å². The van der Waals surface area contributed by atoms with E-state index >= 15 is 0 Å². The number of hydrogen-bond donors (Lipinski definition) is 1. The van der Waals surface area contributed by atoms with Gasteiger partial charge in [-0.15, -0.1) is 0 Å². The van der Waals surface area contributed by atoms with E-state index in [0.29, 0.717) is 4.90 Å². The average molecular weight is 290 g/mol. The molecule has 4 heteroatoms. The molecule has 0 aliphatic heterocycles. The van der Waals surface area contributed by atoms with Gasteiger partial charge in [-0.25, -0.2) is 13.1 Å². The molecule has 1 saturated carbocycles. The van der Waals surface area contributed by atoms with Gasteiger partial charge in [-0.3, -0.25) is 0 Å². The van der Waals surface area contributed by atoms with Gasteiger partial charge in [-0.2, -0.15) is 0 Å². The van der Waals surface area contributed by atoms with Gasteiger partial charge in [0.1, 0.15) is 0 Å². The first kappa shape index (κ1) is 15.5. The van der Waals surface area contributed by atoms with Crippen LogP contribution in [0.2, 0.25) is 0 Å². The summed E-state index contributed by atoms with van der Waals surface area (Å²) in [5.74, 6) is 1.17. The molecule has 0 heterocycles. The van der Waals surface area contributed by atoms with Crippen molar-refractivity contribution in [3.8, 4) is 0 Å². The van der Waals surface area contributed by atoms with Gasteiger partial charge in [-0.05, 0) is 50.7 Å². The normalized spacial score (nSPS) is 18.6. The van der Waals surface area contributed by atoms with Gasteiger partial charge in [-0.1, -0.05) is 31.5 Å². The van der Waals surface area contributed by atoms with E-state index in [-0.39, 0.29) is 12.0 Å². The van der Waals surface area contributed by atoms with Gasteiger partial charge >= 0.3 is 0 Å². The molecule has 1 aliphatic carbocycles. The molecule has 1 aromatic carbocycles. The molecule has 0 bridgehead atoms. The summed E-state index contributed by atoms with van der Waals surface area (Å²) in [5, 5.41) is 0. The Labute approximate surface area is 122 Å². The second-order valence-electron chi connectivity index (χ2n) is 5.37. The largest absolute Gasteiger partial charge is 0.240 e. The van der Waals surface area contributed by atoms with Crippen molar-refractivity contribution in [3.63, 3.8) is 0 Å². The molecule has 0 saturated heterocycles. The molecule has 2 rings (SSSR count). The van der Waals surface area contributed by atoms with Crippen LogP contribution in [0.5, 0.6) is 0 Å². The van der Waals surface area contributed by atoms with Gasteiger partial charge in [0.2, 0.25) is 10.0 Å². The van der Waals surface area contributed by atoms with Crippen LogP contribution in [-0.4, -0.2) is 14.5 Å². The summed E-state index contributed by atoms with van der Waals surface area (Å²) in [6.07, 6.45) is 7.74. The lowest BCUT2D eigenvalue weighted by Crippen LogP contribution is -2.42. The molecule has 20 heavy (non-hydrogen) atoms. The van der Waals surface area contributed by atoms with Crippen molar-refractivity contribution >= 4 is 10.0 Å². The smallest absolute Gasteiger partial charge is 0.207 e. The van der Waals surface area contributed by atoms with Crippen molar-refractivity contribution in [2.75, 3.05) is 0 Å². The molecular formula is C16H20NO2S. The quantitative estimate of drug-likeness (QED) is 0.906. The average Bonchev–Trinajstić information content (AvgIpc) is 2.90. The Morgan fingerprint density at radius 2 is 1.55 bits per heavy atom. The minimum atomic E-state index is -3.50. The zero-order chi connectivity index (χ0) is 14.8.